The normalized spacial score (nSPS) is 21.0. The molecule has 16 heteroatoms. The number of aromatic amines is 1. The van der Waals surface area contributed by atoms with E-state index in [1.165, 1.54) is 21.3 Å². The number of carbonyl (C=O) groups is 1. The largest absolute Gasteiger partial charge is 0.497 e. The van der Waals surface area contributed by atoms with Gasteiger partial charge in [0.2, 0.25) is 0 Å². The highest BCUT2D eigenvalue weighted by Crippen LogP contribution is 2.59. The lowest BCUT2D eigenvalue weighted by atomic mass is 9.80. The van der Waals surface area contributed by atoms with Gasteiger partial charge in [0, 0.05) is 24.6 Å². The van der Waals surface area contributed by atoms with Crippen molar-refractivity contribution in [3.63, 3.8) is 0 Å². The summed E-state index contributed by atoms with van der Waals surface area (Å²) in [7, 11) is -0.579. The fourth-order valence-corrected chi connectivity index (χ4v) is 16.8. The van der Waals surface area contributed by atoms with Crippen molar-refractivity contribution in [3.8, 4) is 11.5 Å². The number of rotatable bonds is 17. The van der Waals surface area contributed by atoms with Crippen LogP contribution in [-0.4, -0.2) is 89.9 Å². The number of fused-ring (bicyclic) bond motifs is 2. The quantitative estimate of drug-likeness (QED) is 0.0511. The zero-order valence-corrected chi connectivity index (χ0v) is 42.8. The molecule has 11 rings (SSSR count). The molecule has 2 N–H and O–H groups in total. The van der Waals surface area contributed by atoms with E-state index in [1.807, 2.05) is 72.8 Å². The van der Waals surface area contributed by atoms with Crippen LogP contribution in [0.3, 0.4) is 0 Å². The summed E-state index contributed by atoms with van der Waals surface area (Å²) in [5.74, 6) is 1.21. The van der Waals surface area contributed by atoms with E-state index < -0.39 is 46.3 Å². The average Bonchev–Trinajstić information content (AvgIpc) is 4.24. The van der Waals surface area contributed by atoms with Crippen molar-refractivity contribution in [1.29, 1.82) is 0 Å². The number of anilines is 1. The molecule has 372 valence electrons. The summed E-state index contributed by atoms with van der Waals surface area (Å²) in [5, 5.41) is 5.59. The molecule has 3 saturated heterocycles. The van der Waals surface area contributed by atoms with Gasteiger partial charge in [0.05, 0.1) is 33.0 Å². The van der Waals surface area contributed by atoms with E-state index >= 15 is 0 Å². The number of amides is 1. The van der Waals surface area contributed by atoms with Gasteiger partial charge in [0.15, 0.2) is 11.5 Å². The van der Waals surface area contributed by atoms with Gasteiger partial charge in [-0.2, -0.15) is 0 Å². The SMILES string of the molecule is COc1ccc(C(OC[C@H]2O[C@@H](n3c(=O)[nH]c4c(NC(=O)c5ccccc5)ncnc43)C[C@@H]2OP2O[C@H](C[Si](C)(c3ccccc3)c3ccccc3)[C@@H]3CCCN32)(c2ccccc2)c2ccc(OC)cc2)cc1. The Balaban J connectivity index is 0.959. The number of hydrogen-bond donors (Lipinski definition) is 2. The minimum atomic E-state index is -2.31. The lowest BCUT2D eigenvalue weighted by Gasteiger charge is -2.37. The number of imidazole rings is 1. The van der Waals surface area contributed by atoms with Crippen molar-refractivity contribution in [2.45, 2.75) is 68.0 Å². The van der Waals surface area contributed by atoms with Gasteiger partial charge < -0.3 is 38.3 Å². The van der Waals surface area contributed by atoms with Crippen LogP contribution in [0.4, 0.5) is 5.82 Å². The number of carbonyl (C=O) groups excluding carboxylic acids is 1. The number of hydrogen-bond acceptors (Lipinski definition) is 11. The van der Waals surface area contributed by atoms with Crippen molar-refractivity contribution < 1.29 is 32.8 Å². The highest BCUT2D eigenvalue weighted by atomic mass is 31.2. The van der Waals surface area contributed by atoms with Crippen molar-refractivity contribution in [3.05, 3.63) is 209 Å². The third-order valence-corrected chi connectivity index (χ3v) is 20.9. The lowest BCUT2D eigenvalue weighted by molar-refractivity contribution is -0.0911. The molecule has 0 aliphatic carbocycles. The van der Waals surface area contributed by atoms with Crippen molar-refractivity contribution in [2.24, 2.45) is 0 Å². The summed E-state index contributed by atoms with van der Waals surface area (Å²) in [6.45, 7) is 3.35. The predicted molar refractivity (Wildman–Crippen MR) is 284 cm³/mol. The van der Waals surface area contributed by atoms with Gasteiger partial charge in [-0.25, -0.2) is 24.0 Å². The van der Waals surface area contributed by atoms with Gasteiger partial charge in [-0.3, -0.25) is 4.79 Å². The molecule has 0 radical (unpaired) electrons. The second kappa shape index (κ2) is 21.0. The van der Waals surface area contributed by atoms with Crippen molar-refractivity contribution in [2.75, 3.05) is 32.7 Å². The van der Waals surface area contributed by atoms with Crippen LogP contribution < -0.4 is 30.9 Å². The minimum absolute atomic E-state index is 0.0433. The topological polar surface area (TPSA) is 151 Å². The van der Waals surface area contributed by atoms with Gasteiger partial charge in [-0.15, -0.1) is 0 Å². The first-order valence-electron chi connectivity index (χ1n) is 24.7. The number of benzene rings is 6. The molecule has 6 atom stereocenters. The first kappa shape index (κ1) is 48.5. The fraction of sp³-hybridized carbons (Fsp3) is 0.263. The number of ether oxygens (including phenoxy) is 4. The number of methoxy groups -OCH3 is 2. The predicted octanol–water partition coefficient (Wildman–Crippen LogP) is 9.05. The maximum Gasteiger partial charge on any atom is 0.329 e. The van der Waals surface area contributed by atoms with Crippen molar-refractivity contribution >= 4 is 49.9 Å². The van der Waals surface area contributed by atoms with Crippen LogP contribution in [0.25, 0.3) is 11.2 Å². The van der Waals surface area contributed by atoms with E-state index in [0.29, 0.717) is 17.1 Å². The van der Waals surface area contributed by atoms with Crippen LogP contribution in [0.5, 0.6) is 11.5 Å². The maximum atomic E-state index is 14.3. The van der Waals surface area contributed by atoms with Gasteiger partial charge in [-0.1, -0.05) is 150 Å². The molecule has 5 heterocycles. The second-order valence-electron chi connectivity index (χ2n) is 18.9. The second-order valence-corrected chi connectivity index (χ2v) is 24.5. The highest BCUT2D eigenvalue weighted by molar-refractivity contribution is 7.45. The molecular formula is C57H57N6O8PSi. The Labute approximate surface area is 426 Å². The molecule has 6 aromatic carbocycles. The zero-order chi connectivity index (χ0) is 49.9. The Morgan fingerprint density at radius 2 is 1.34 bits per heavy atom. The minimum Gasteiger partial charge on any atom is -0.497 e. The molecule has 0 spiro atoms. The van der Waals surface area contributed by atoms with Crippen LogP contribution in [0.1, 0.15) is 52.5 Å². The van der Waals surface area contributed by atoms with E-state index in [1.54, 1.807) is 38.5 Å². The van der Waals surface area contributed by atoms with E-state index in [0.717, 1.165) is 42.1 Å². The number of nitrogens with zero attached hydrogens (tertiary/aromatic N) is 4. The van der Waals surface area contributed by atoms with E-state index in [2.05, 4.69) is 104 Å². The molecule has 3 aliphatic heterocycles. The summed E-state index contributed by atoms with van der Waals surface area (Å²) < 4.78 is 44.3. The third kappa shape index (κ3) is 9.42. The Morgan fingerprint density at radius 3 is 1.95 bits per heavy atom. The molecule has 73 heavy (non-hydrogen) atoms. The number of aromatic nitrogens is 4. The Bertz CT molecular complexity index is 3120. The smallest absolute Gasteiger partial charge is 0.329 e. The molecular weight excluding hydrogens is 956 g/mol. The zero-order valence-electron chi connectivity index (χ0n) is 40.9. The summed E-state index contributed by atoms with van der Waals surface area (Å²) in [5.41, 5.74) is 1.98. The lowest BCUT2D eigenvalue weighted by Crippen LogP contribution is -2.58. The van der Waals surface area contributed by atoms with Crippen LogP contribution in [0, 0.1) is 0 Å². The Kier molecular flexibility index (Phi) is 13.9. The highest BCUT2D eigenvalue weighted by Gasteiger charge is 2.53. The molecule has 2 aromatic heterocycles. The first-order chi connectivity index (χ1) is 35.7. The molecule has 3 aliphatic rings. The van der Waals surface area contributed by atoms with E-state index in [-0.39, 0.29) is 48.1 Å². The molecule has 0 saturated carbocycles. The van der Waals surface area contributed by atoms with Gasteiger partial charge in [0.25, 0.3) is 14.4 Å². The van der Waals surface area contributed by atoms with Crippen molar-refractivity contribution in [1.82, 2.24) is 24.2 Å². The Morgan fingerprint density at radius 1 is 0.767 bits per heavy atom. The summed E-state index contributed by atoms with van der Waals surface area (Å²) in [6.07, 6.45) is 1.43. The third-order valence-electron chi connectivity index (χ3n) is 14.7. The average molecular weight is 1010 g/mol. The van der Waals surface area contributed by atoms with Crippen LogP contribution >= 0.6 is 8.53 Å². The first-order valence-corrected chi connectivity index (χ1v) is 28.6. The van der Waals surface area contributed by atoms with Crippen LogP contribution in [0.15, 0.2) is 181 Å². The number of nitrogens with one attached hydrogen (secondary N) is 2. The van der Waals surface area contributed by atoms with Crippen LogP contribution in [-0.2, 0) is 24.1 Å². The van der Waals surface area contributed by atoms with Gasteiger partial charge in [0.1, 0.15) is 49.3 Å². The maximum absolute atomic E-state index is 14.3. The molecule has 1 amide bonds. The summed E-state index contributed by atoms with van der Waals surface area (Å²) >= 11 is 0. The summed E-state index contributed by atoms with van der Waals surface area (Å²) in [6, 6.07) is 57.6. The monoisotopic (exact) mass is 1010 g/mol. The molecule has 14 nitrogen and oxygen atoms in total. The summed E-state index contributed by atoms with van der Waals surface area (Å²) in [4.78, 5) is 39.5. The molecule has 0 bridgehead atoms. The van der Waals surface area contributed by atoms with Gasteiger partial charge >= 0.3 is 5.69 Å². The molecule has 1 unspecified atom stereocenters. The fourth-order valence-electron chi connectivity index (χ4n) is 10.9. The van der Waals surface area contributed by atoms with Gasteiger partial charge in [-0.05, 0) is 72.0 Å². The number of H-pyrrole nitrogens is 1. The Hall–Kier alpha value is -6.81. The standard InChI is InChI=1S/C57H57N6O8PSi/c1-66-43-30-26-41(27-31-43)57(40-19-10-5-11-20-40,42-28-32-44(67-2)33-29-42)68-36-49-48(35-51(69-49)63-54-52(60-56(63)65)53(58-38-59-54)61-55(64)39-17-8-4-9-18-39)70-72-62-34-16-25-47(62)50(71-72)37-73(3,45-21-12-6-13-22-45)46-23-14-7-15-24-46/h4-15,17-24,26-33,38,47-51H,16,25,34-37H2,1-3H3,(H,60,65)(H,58,59,61,64)/t47-,48-,49+,50+,51+,72?/m0/s1. The van der Waals surface area contributed by atoms with E-state index in [9.17, 15) is 9.59 Å². The van der Waals surface area contributed by atoms with Crippen LogP contribution in [0.2, 0.25) is 12.6 Å². The van der Waals surface area contributed by atoms with E-state index in [4.69, 9.17) is 28.0 Å². The molecule has 8 aromatic rings. The molecule has 3 fully saturated rings.